The fraction of sp³-hybridized carbons (Fsp3) is 0.370. The first kappa shape index (κ1) is 25.4. The number of benzene rings is 2. The molecule has 1 saturated heterocycles. The van der Waals surface area contributed by atoms with Gasteiger partial charge in [-0.3, -0.25) is 9.69 Å². The molecule has 37 heavy (non-hydrogen) atoms. The number of fused-ring (bicyclic) bond motifs is 1. The topological polar surface area (TPSA) is 90.0 Å². The smallest absolute Gasteiger partial charge is 0.388 e. The standard InChI is InChI=1S/C27H27ClF2N4O3/c1-27(14-22(35)34(26(31)33-27)18-9-11-36-12-10-18)21-8-4-5-16(23(21)28)13-17-15-32-24(37-25(29)30)20-7-3-2-6-19(17)20/h2-8,15,18,25H,9-14H2,1H3,(H2,31,33)/t27-/m0/s1. The Morgan fingerprint density at radius 1 is 1.16 bits per heavy atom. The third-order valence-corrected chi connectivity index (χ3v) is 7.46. The van der Waals surface area contributed by atoms with E-state index in [1.807, 2.05) is 37.3 Å². The van der Waals surface area contributed by atoms with Gasteiger partial charge in [-0.15, -0.1) is 0 Å². The van der Waals surface area contributed by atoms with E-state index in [2.05, 4.69) is 9.72 Å². The number of aliphatic imine (C=N–C) groups is 1. The Balaban J connectivity index is 1.47. The summed E-state index contributed by atoms with van der Waals surface area (Å²) in [5, 5.41) is 1.71. The van der Waals surface area contributed by atoms with Crippen molar-refractivity contribution in [1.29, 1.82) is 0 Å². The number of rotatable bonds is 6. The molecule has 2 aromatic carbocycles. The molecule has 2 aliphatic heterocycles. The summed E-state index contributed by atoms with van der Waals surface area (Å²) >= 11 is 6.92. The largest absolute Gasteiger partial charge is 0.416 e. The van der Waals surface area contributed by atoms with Crippen molar-refractivity contribution in [3.63, 3.8) is 0 Å². The van der Waals surface area contributed by atoms with E-state index < -0.39 is 12.2 Å². The third kappa shape index (κ3) is 4.98. The van der Waals surface area contributed by atoms with E-state index in [1.165, 1.54) is 6.20 Å². The molecule has 194 valence electrons. The Bertz CT molecular complexity index is 1360. The molecule has 2 N–H and O–H groups in total. The first-order valence-electron chi connectivity index (χ1n) is 12.1. The lowest BCUT2D eigenvalue weighted by Gasteiger charge is -2.40. The van der Waals surface area contributed by atoms with Gasteiger partial charge in [0.2, 0.25) is 11.8 Å². The normalized spacial score (nSPS) is 20.9. The van der Waals surface area contributed by atoms with Crippen LogP contribution in [0.4, 0.5) is 8.78 Å². The zero-order valence-corrected chi connectivity index (χ0v) is 21.0. The molecule has 0 saturated carbocycles. The molecular formula is C27H27ClF2N4O3. The number of hydrogen-bond acceptors (Lipinski definition) is 6. The van der Waals surface area contributed by atoms with Gasteiger partial charge in [0.1, 0.15) is 0 Å². The van der Waals surface area contributed by atoms with Gasteiger partial charge >= 0.3 is 6.61 Å². The van der Waals surface area contributed by atoms with Crippen LogP contribution >= 0.6 is 11.6 Å². The minimum atomic E-state index is -2.97. The Kier molecular flexibility index (Phi) is 7.00. The van der Waals surface area contributed by atoms with Gasteiger partial charge in [-0.1, -0.05) is 48.0 Å². The molecule has 2 aliphatic rings. The van der Waals surface area contributed by atoms with Crippen molar-refractivity contribution in [2.24, 2.45) is 10.7 Å². The van der Waals surface area contributed by atoms with Gasteiger partial charge in [0.05, 0.1) is 12.0 Å². The maximum Gasteiger partial charge on any atom is 0.388 e. The molecule has 0 spiro atoms. The van der Waals surface area contributed by atoms with Gasteiger partial charge in [-0.25, -0.2) is 9.98 Å². The minimum absolute atomic E-state index is 0.0193. The molecule has 0 aliphatic carbocycles. The van der Waals surface area contributed by atoms with Crippen LogP contribution in [0.1, 0.15) is 42.9 Å². The van der Waals surface area contributed by atoms with Crippen LogP contribution in [0.25, 0.3) is 10.8 Å². The van der Waals surface area contributed by atoms with Crippen LogP contribution in [-0.2, 0) is 21.5 Å². The molecule has 0 radical (unpaired) electrons. The second-order valence-corrected chi connectivity index (χ2v) is 9.87. The Morgan fingerprint density at radius 3 is 2.59 bits per heavy atom. The van der Waals surface area contributed by atoms with Crippen molar-refractivity contribution >= 4 is 34.2 Å². The lowest BCUT2D eigenvalue weighted by molar-refractivity contribution is -0.132. The number of carbonyl (C=O) groups excluding carboxylic acids is 1. The molecule has 5 rings (SSSR count). The third-order valence-electron chi connectivity index (χ3n) is 7.01. The zero-order valence-electron chi connectivity index (χ0n) is 20.3. The Labute approximate surface area is 218 Å². The number of carbonyl (C=O) groups is 1. The molecule has 3 aromatic rings. The second-order valence-electron chi connectivity index (χ2n) is 9.50. The maximum atomic E-state index is 13.2. The average Bonchev–Trinajstić information content (AvgIpc) is 2.86. The quantitative estimate of drug-likeness (QED) is 0.485. The maximum absolute atomic E-state index is 13.2. The van der Waals surface area contributed by atoms with E-state index in [-0.39, 0.29) is 30.2 Å². The minimum Gasteiger partial charge on any atom is -0.416 e. The fourth-order valence-electron chi connectivity index (χ4n) is 5.22. The summed E-state index contributed by atoms with van der Waals surface area (Å²) in [4.78, 5) is 23.7. The van der Waals surface area contributed by atoms with E-state index in [0.29, 0.717) is 35.6 Å². The number of nitrogens with two attached hydrogens (primary N) is 1. The number of aromatic nitrogens is 1. The first-order chi connectivity index (χ1) is 17.8. The molecule has 0 bridgehead atoms. The summed E-state index contributed by atoms with van der Waals surface area (Å²) in [6, 6.07) is 12.7. The predicted octanol–water partition coefficient (Wildman–Crippen LogP) is 5.02. The number of ether oxygens (including phenoxy) is 2. The van der Waals surface area contributed by atoms with E-state index in [4.69, 9.17) is 27.1 Å². The number of amides is 1. The molecule has 1 aromatic heterocycles. The van der Waals surface area contributed by atoms with Crippen molar-refractivity contribution < 1.29 is 23.0 Å². The number of halogens is 3. The summed E-state index contributed by atoms with van der Waals surface area (Å²) < 4.78 is 35.7. The van der Waals surface area contributed by atoms with Crippen LogP contribution in [0, 0.1) is 0 Å². The highest BCUT2D eigenvalue weighted by molar-refractivity contribution is 6.32. The number of pyridine rings is 1. The number of nitrogens with zero attached hydrogens (tertiary/aromatic N) is 3. The van der Waals surface area contributed by atoms with Crippen molar-refractivity contribution in [2.75, 3.05) is 13.2 Å². The van der Waals surface area contributed by atoms with Gasteiger partial charge in [-0.2, -0.15) is 8.78 Å². The molecule has 0 unspecified atom stereocenters. The van der Waals surface area contributed by atoms with Crippen LogP contribution in [-0.4, -0.2) is 47.6 Å². The van der Waals surface area contributed by atoms with Crippen molar-refractivity contribution in [3.05, 3.63) is 70.4 Å². The predicted molar refractivity (Wildman–Crippen MR) is 137 cm³/mol. The number of alkyl halides is 2. The fourth-order valence-corrected chi connectivity index (χ4v) is 5.62. The second kappa shape index (κ2) is 10.2. The highest BCUT2D eigenvalue weighted by Gasteiger charge is 2.41. The molecule has 3 heterocycles. The van der Waals surface area contributed by atoms with E-state index in [0.717, 1.165) is 29.4 Å². The Hall–Kier alpha value is -3.30. The zero-order chi connectivity index (χ0) is 26.2. The van der Waals surface area contributed by atoms with Gasteiger partial charge in [0.25, 0.3) is 0 Å². The SMILES string of the molecule is C[C@@]1(c2cccc(Cc3cnc(OC(F)F)c4ccccc34)c2Cl)CC(=O)N(C2CCOCC2)C(N)=N1. The van der Waals surface area contributed by atoms with Crippen LogP contribution < -0.4 is 10.5 Å². The lowest BCUT2D eigenvalue weighted by atomic mass is 9.85. The number of hydrogen-bond donors (Lipinski definition) is 1. The molecular weight excluding hydrogens is 502 g/mol. The van der Waals surface area contributed by atoms with Gasteiger partial charge in [-0.05, 0) is 47.9 Å². The summed E-state index contributed by atoms with van der Waals surface area (Å²) in [6.07, 6.45) is 3.50. The van der Waals surface area contributed by atoms with Gasteiger partial charge < -0.3 is 15.2 Å². The molecule has 1 amide bonds. The highest BCUT2D eigenvalue weighted by atomic mass is 35.5. The molecule has 7 nitrogen and oxygen atoms in total. The summed E-state index contributed by atoms with van der Waals surface area (Å²) in [6.45, 7) is 0.0663. The monoisotopic (exact) mass is 528 g/mol. The first-order valence-corrected chi connectivity index (χ1v) is 12.5. The highest BCUT2D eigenvalue weighted by Crippen LogP contribution is 2.40. The summed E-state index contributed by atoms with van der Waals surface area (Å²) in [5.41, 5.74) is 7.70. The molecule has 1 fully saturated rings. The molecule has 10 heteroatoms. The summed E-state index contributed by atoms with van der Waals surface area (Å²) in [7, 11) is 0. The summed E-state index contributed by atoms with van der Waals surface area (Å²) in [5.74, 6) is -0.0218. The van der Waals surface area contributed by atoms with Crippen LogP contribution in [0.2, 0.25) is 5.02 Å². The van der Waals surface area contributed by atoms with E-state index in [1.54, 1.807) is 17.0 Å². The van der Waals surface area contributed by atoms with E-state index in [9.17, 15) is 13.6 Å². The molecule has 1 atom stereocenters. The van der Waals surface area contributed by atoms with Crippen LogP contribution in [0.3, 0.4) is 0 Å². The van der Waals surface area contributed by atoms with Crippen LogP contribution in [0.5, 0.6) is 5.88 Å². The number of guanidine groups is 1. The van der Waals surface area contributed by atoms with Crippen molar-refractivity contribution in [2.45, 2.75) is 50.8 Å². The lowest BCUT2D eigenvalue weighted by Crippen LogP contribution is -2.55. The van der Waals surface area contributed by atoms with Crippen molar-refractivity contribution in [1.82, 2.24) is 9.88 Å². The van der Waals surface area contributed by atoms with Crippen LogP contribution in [0.15, 0.2) is 53.7 Å². The van der Waals surface area contributed by atoms with Gasteiger partial charge in [0, 0.05) is 42.3 Å². The average molecular weight is 529 g/mol. The van der Waals surface area contributed by atoms with Crippen molar-refractivity contribution in [3.8, 4) is 5.88 Å². The van der Waals surface area contributed by atoms with Gasteiger partial charge in [0.15, 0.2) is 5.96 Å². The van der Waals surface area contributed by atoms with E-state index >= 15 is 0 Å². The Morgan fingerprint density at radius 2 is 1.89 bits per heavy atom.